The van der Waals surface area contributed by atoms with Crippen LogP contribution in [0, 0.1) is 0 Å². The molecule has 0 N–H and O–H groups in total. The smallest absolute Gasteiger partial charge is 0.285 e. The van der Waals surface area contributed by atoms with Crippen molar-refractivity contribution in [3.05, 3.63) is 24.3 Å². The van der Waals surface area contributed by atoms with Crippen LogP contribution in [0.25, 0.3) is 0 Å². The van der Waals surface area contributed by atoms with Crippen LogP contribution in [0.2, 0.25) is 0 Å². The predicted octanol–water partition coefficient (Wildman–Crippen LogP) is 1.24. The minimum atomic E-state index is -3.46. The first-order valence-electron chi connectivity index (χ1n) is 4.31. The Kier molecular flexibility index (Phi) is 2.03. The number of anilines is 1. The van der Waals surface area contributed by atoms with E-state index in [0.29, 0.717) is 12.2 Å². The molecule has 0 amide bonds. The Hall–Kier alpha value is -1.36. The lowest BCUT2D eigenvalue weighted by atomic mass is 10.3. The van der Waals surface area contributed by atoms with Gasteiger partial charge in [-0.15, -0.1) is 4.40 Å². The minimum Gasteiger partial charge on any atom is -0.331 e. The maximum Gasteiger partial charge on any atom is 0.285 e. The summed E-state index contributed by atoms with van der Waals surface area (Å²) in [6.07, 6.45) is 1.36. The number of fused-ring (bicyclic) bond motifs is 1. The molecule has 0 spiro atoms. The summed E-state index contributed by atoms with van der Waals surface area (Å²) in [7, 11) is -3.46. The highest BCUT2D eigenvalue weighted by Gasteiger charge is 2.23. The second kappa shape index (κ2) is 3.09. The molecule has 0 atom stereocenters. The molecule has 1 aromatic carbocycles. The minimum absolute atomic E-state index is 0.282. The number of hydrogen-bond acceptors (Lipinski definition) is 3. The Balaban J connectivity index is 2.68. The molecule has 0 aromatic heterocycles. The summed E-state index contributed by atoms with van der Waals surface area (Å²) in [5.41, 5.74) is 0.699. The van der Waals surface area contributed by atoms with Gasteiger partial charge in [-0.3, -0.25) is 0 Å². The molecule has 0 radical (unpaired) electrons. The van der Waals surface area contributed by atoms with Gasteiger partial charge in [0.15, 0.2) is 0 Å². The fraction of sp³-hybridized carbons (Fsp3) is 0.222. The number of sulfonamides is 1. The van der Waals surface area contributed by atoms with E-state index in [0.717, 1.165) is 0 Å². The van der Waals surface area contributed by atoms with Crippen LogP contribution in [0.5, 0.6) is 0 Å². The molecule has 74 valence electrons. The summed E-state index contributed by atoms with van der Waals surface area (Å²) in [5.74, 6) is 0. The second-order valence-electron chi connectivity index (χ2n) is 2.95. The van der Waals surface area contributed by atoms with Gasteiger partial charge in [-0.2, -0.15) is 8.42 Å². The van der Waals surface area contributed by atoms with Crippen molar-refractivity contribution in [1.29, 1.82) is 0 Å². The highest BCUT2D eigenvalue weighted by atomic mass is 32.2. The standard InChI is InChI=1S/C9H10N2O2S/c1-2-11-7-10-14(12,13)9-6-4-3-5-8(9)11/h3-7H,2H2,1H3. The van der Waals surface area contributed by atoms with Gasteiger partial charge >= 0.3 is 0 Å². The van der Waals surface area contributed by atoms with Gasteiger partial charge in [0.25, 0.3) is 10.0 Å². The maximum absolute atomic E-state index is 11.5. The van der Waals surface area contributed by atoms with E-state index in [9.17, 15) is 8.42 Å². The molecule has 0 saturated carbocycles. The van der Waals surface area contributed by atoms with E-state index in [-0.39, 0.29) is 4.90 Å². The number of nitrogens with zero attached hydrogens (tertiary/aromatic N) is 2. The van der Waals surface area contributed by atoms with Crippen molar-refractivity contribution in [1.82, 2.24) is 0 Å². The zero-order chi connectivity index (χ0) is 10.2. The van der Waals surface area contributed by atoms with Crippen LogP contribution >= 0.6 is 0 Å². The van der Waals surface area contributed by atoms with Crippen molar-refractivity contribution in [3.63, 3.8) is 0 Å². The molecule has 1 aliphatic heterocycles. The Bertz CT molecular complexity index is 479. The Morgan fingerprint density at radius 2 is 2.07 bits per heavy atom. The van der Waals surface area contributed by atoms with Crippen LogP contribution in [0.15, 0.2) is 33.6 Å². The Labute approximate surface area is 82.9 Å². The van der Waals surface area contributed by atoms with E-state index in [4.69, 9.17) is 0 Å². The molecular weight excluding hydrogens is 200 g/mol. The largest absolute Gasteiger partial charge is 0.331 e. The lowest BCUT2D eigenvalue weighted by molar-refractivity contribution is 0.597. The number of para-hydroxylation sites is 1. The van der Waals surface area contributed by atoms with Gasteiger partial charge in [0.05, 0.1) is 5.69 Å². The molecule has 1 heterocycles. The molecule has 5 heteroatoms. The van der Waals surface area contributed by atoms with Crippen molar-refractivity contribution >= 4 is 22.0 Å². The van der Waals surface area contributed by atoms with Gasteiger partial charge in [0.1, 0.15) is 11.2 Å². The van der Waals surface area contributed by atoms with Gasteiger partial charge in [-0.25, -0.2) is 0 Å². The lowest BCUT2D eigenvalue weighted by Crippen LogP contribution is -2.26. The van der Waals surface area contributed by atoms with Gasteiger partial charge in [-0.1, -0.05) is 12.1 Å². The molecule has 1 aliphatic rings. The van der Waals surface area contributed by atoms with Crippen molar-refractivity contribution in [2.45, 2.75) is 11.8 Å². The predicted molar refractivity (Wildman–Crippen MR) is 55.1 cm³/mol. The van der Waals surface area contributed by atoms with Crippen molar-refractivity contribution in [2.75, 3.05) is 11.4 Å². The van der Waals surface area contributed by atoms with Crippen LogP contribution in [0.1, 0.15) is 6.92 Å². The molecule has 1 aromatic rings. The Morgan fingerprint density at radius 1 is 1.36 bits per heavy atom. The highest BCUT2D eigenvalue weighted by Crippen LogP contribution is 2.28. The number of hydrogen-bond donors (Lipinski definition) is 0. The zero-order valence-electron chi connectivity index (χ0n) is 7.71. The first kappa shape index (κ1) is 9.21. The molecule has 14 heavy (non-hydrogen) atoms. The third-order valence-electron chi connectivity index (χ3n) is 2.12. The van der Waals surface area contributed by atoms with E-state index in [1.54, 1.807) is 23.1 Å². The van der Waals surface area contributed by atoms with E-state index in [2.05, 4.69) is 4.40 Å². The van der Waals surface area contributed by atoms with Crippen LogP contribution < -0.4 is 4.90 Å². The van der Waals surface area contributed by atoms with E-state index in [1.165, 1.54) is 6.34 Å². The fourth-order valence-corrected chi connectivity index (χ4v) is 2.45. The molecular formula is C9H10N2O2S. The fourth-order valence-electron chi connectivity index (χ4n) is 1.40. The third-order valence-corrected chi connectivity index (χ3v) is 3.39. The summed E-state index contributed by atoms with van der Waals surface area (Å²) in [5, 5.41) is 0. The van der Waals surface area contributed by atoms with E-state index in [1.807, 2.05) is 13.0 Å². The van der Waals surface area contributed by atoms with Gasteiger partial charge in [-0.05, 0) is 19.1 Å². The summed E-state index contributed by atoms with van der Waals surface area (Å²) in [4.78, 5) is 2.08. The van der Waals surface area contributed by atoms with Crippen LogP contribution in [0.4, 0.5) is 5.69 Å². The second-order valence-corrected chi connectivity index (χ2v) is 4.55. The van der Waals surface area contributed by atoms with Crippen LogP contribution in [-0.2, 0) is 10.0 Å². The molecule has 4 nitrogen and oxygen atoms in total. The van der Waals surface area contributed by atoms with Crippen molar-refractivity contribution < 1.29 is 8.42 Å². The summed E-state index contributed by atoms with van der Waals surface area (Å²) in [6, 6.07) is 6.87. The van der Waals surface area contributed by atoms with Crippen LogP contribution in [-0.4, -0.2) is 21.3 Å². The quantitative estimate of drug-likeness (QED) is 0.700. The summed E-state index contributed by atoms with van der Waals surface area (Å²) < 4.78 is 26.5. The average molecular weight is 210 g/mol. The molecule has 0 aliphatic carbocycles. The molecule has 0 saturated heterocycles. The lowest BCUT2D eigenvalue weighted by Gasteiger charge is -2.23. The summed E-state index contributed by atoms with van der Waals surface area (Å²) >= 11 is 0. The number of rotatable bonds is 1. The SMILES string of the molecule is CCN1C=NS(=O)(=O)c2ccccc21. The molecule has 0 fully saturated rings. The average Bonchev–Trinajstić information content (AvgIpc) is 2.18. The number of benzene rings is 1. The van der Waals surface area contributed by atoms with Gasteiger partial charge < -0.3 is 4.90 Å². The zero-order valence-corrected chi connectivity index (χ0v) is 8.53. The molecule has 0 unspecified atom stereocenters. The van der Waals surface area contributed by atoms with Crippen molar-refractivity contribution in [3.8, 4) is 0 Å². The topological polar surface area (TPSA) is 49.7 Å². The van der Waals surface area contributed by atoms with Crippen LogP contribution in [0.3, 0.4) is 0 Å². The van der Waals surface area contributed by atoms with E-state index >= 15 is 0 Å². The van der Waals surface area contributed by atoms with Gasteiger partial charge in [0, 0.05) is 6.54 Å². The monoisotopic (exact) mass is 210 g/mol. The normalized spacial score (nSPS) is 17.9. The molecule has 2 rings (SSSR count). The highest BCUT2D eigenvalue weighted by molar-refractivity contribution is 7.90. The first-order valence-corrected chi connectivity index (χ1v) is 5.75. The van der Waals surface area contributed by atoms with Crippen molar-refractivity contribution in [2.24, 2.45) is 4.40 Å². The third kappa shape index (κ3) is 1.29. The first-order chi connectivity index (χ1) is 6.65. The maximum atomic E-state index is 11.5. The molecule has 0 bridgehead atoms. The van der Waals surface area contributed by atoms with Gasteiger partial charge in [0.2, 0.25) is 0 Å². The summed E-state index contributed by atoms with van der Waals surface area (Å²) in [6.45, 7) is 2.65. The Morgan fingerprint density at radius 3 is 2.79 bits per heavy atom. The van der Waals surface area contributed by atoms with E-state index < -0.39 is 10.0 Å².